The molecule has 0 saturated heterocycles. The maximum atomic E-state index is 4.63. The van der Waals surface area contributed by atoms with Crippen LogP contribution in [0.5, 0.6) is 0 Å². The Bertz CT molecular complexity index is 556. The van der Waals surface area contributed by atoms with Gasteiger partial charge in [0.15, 0.2) is 0 Å². The molecule has 0 aliphatic carbocycles. The number of aryl methyl sites for hydroxylation is 2. The van der Waals surface area contributed by atoms with E-state index in [0.29, 0.717) is 0 Å². The third kappa shape index (κ3) is 1.33. The molecule has 3 heterocycles. The lowest BCUT2D eigenvalue weighted by Crippen LogP contribution is -2.27. The van der Waals surface area contributed by atoms with E-state index in [0.717, 1.165) is 31.0 Å². The van der Waals surface area contributed by atoms with E-state index in [1.165, 1.54) is 17.1 Å². The molecule has 0 bridgehead atoms. The van der Waals surface area contributed by atoms with Gasteiger partial charge in [0.05, 0.1) is 11.4 Å². The summed E-state index contributed by atoms with van der Waals surface area (Å²) in [6.45, 7) is 6.21. The SMILES string of the molecule is Cc1cc(C)n2c3c(nc2n1)CCN(C)C3. The molecule has 16 heavy (non-hydrogen) atoms. The van der Waals surface area contributed by atoms with E-state index in [4.69, 9.17) is 0 Å². The van der Waals surface area contributed by atoms with Crippen molar-refractivity contribution in [3.05, 3.63) is 28.8 Å². The molecule has 2 aromatic rings. The molecule has 0 saturated carbocycles. The first-order chi connectivity index (χ1) is 7.65. The summed E-state index contributed by atoms with van der Waals surface area (Å²) in [6, 6.07) is 2.11. The van der Waals surface area contributed by atoms with Crippen molar-refractivity contribution >= 4 is 5.78 Å². The van der Waals surface area contributed by atoms with Crippen LogP contribution in [-0.2, 0) is 13.0 Å². The van der Waals surface area contributed by atoms with Crippen LogP contribution in [0.1, 0.15) is 22.8 Å². The van der Waals surface area contributed by atoms with E-state index in [1.54, 1.807) is 0 Å². The molecule has 0 atom stereocenters. The highest BCUT2D eigenvalue weighted by atomic mass is 15.2. The number of rotatable bonds is 0. The molecule has 0 radical (unpaired) electrons. The lowest BCUT2D eigenvalue weighted by Gasteiger charge is -2.22. The number of likely N-dealkylation sites (N-methyl/N-ethyl adjacent to an activating group) is 1. The first kappa shape index (κ1) is 9.78. The zero-order valence-corrected chi connectivity index (χ0v) is 9.99. The Hall–Kier alpha value is -1.42. The fourth-order valence-electron chi connectivity index (χ4n) is 2.48. The summed E-state index contributed by atoms with van der Waals surface area (Å²) < 4.78 is 2.19. The molecule has 2 aromatic heterocycles. The Morgan fingerprint density at radius 1 is 1.25 bits per heavy atom. The summed E-state index contributed by atoms with van der Waals surface area (Å²) in [5.41, 5.74) is 4.81. The summed E-state index contributed by atoms with van der Waals surface area (Å²) in [6.07, 6.45) is 1.04. The molecule has 4 heteroatoms. The van der Waals surface area contributed by atoms with Gasteiger partial charge in [0, 0.05) is 30.9 Å². The van der Waals surface area contributed by atoms with Crippen molar-refractivity contribution in [3.63, 3.8) is 0 Å². The molecule has 84 valence electrons. The first-order valence-electron chi connectivity index (χ1n) is 5.68. The van der Waals surface area contributed by atoms with E-state index in [2.05, 4.69) is 39.3 Å². The first-order valence-corrected chi connectivity index (χ1v) is 5.68. The van der Waals surface area contributed by atoms with E-state index >= 15 is 0 Å². The summed E-state index contributed by atoms with van der Waals surface area (Å²) in [7, 11) is 2.15. The molecule has 3 rings (SSSR count). The van der Waals surface area contributed by atoms with Gasteiger partial charge in [0.25, 0.3) is 0 Å². The molecular formula is C12H16N4. The quantitative estimate of drug-likeness (QED) is 0.666. The van der Waals surface area contributed by atoms with Gasteiger partial charge in [-0.05, 0) is 27.0 Å². The predicted octanol–water partition coefficient (Wildman–Crippen LogP) is 1.33. The van der Waals surface area contributed by atoms with Crippen molar-refractivity contribution in [1.82, 2.24) is 19.3 Å². The Balaban J connectivity index is 2.30. The average Bonchev–Trinajstić information content (AvgIpc) is 2.54. The van der Waals surface area contributed by atoms with Crippen LogP contribution in [0, 0.1) is 13.8 Å². The summed E-state index contributed by atoms with van der Waals surface area (Å²) >= 11 is 0. The molecule has 0 aromatic carbocycles. The Labute approximate surface area is 94.9 Å². The van der Waals surface area contributed by atoms with Crippen LogP contribution in [0.3, 0.4) is 0 Å². The lowest BCUT2D eigenvalue weighted by molar-refractivity contribution is 0.305. The van der Waals surface area contributed by atoms with Crippen LogP contribution in [-0.4, -0.2) is 32.9 Å². The lowest BCUT2D eigenvalue weighted by atomic mass is 10.1. The van der Waals surface area contributed by atoms with Gasteiger partial charge in [-0.25, -0.2) is 9.97 Å². The number of fused-ring (bicyclic) bond motifs is 3. The van der Waals surface area contributed by atoms with Crippen LogP contribution < -0.4 is 0 Å². The standard InChI is InChI=1S/C12H16N4/c1-8-6-9(2)16-11-7-15(3)5-4-10(11)14-12(16)13-8/h6H,4-5,7H2,1-3H3. The zero-order valence-electron chi connectivity index (χ0n) is 9.99. The van der Waals surface area contributed by atoms with Crippen molar-refractivity contribution in [2.45, 2.75) is 26.8 Å². The van der Waals surface area contributed by atoms with Crippen LogP contribution in [0.15, 0.2) is 6.07 Å². The third-order valence-electron chi connectivity index (χ3n) is 3.23. The van der Waals surface area contributed by atoms with Crippen molar-refractivity contribution < 1.29 is 0 Å². The van der Waals surface area contributed by atoms with Gasteiger partial charge in [-0.15, -0.1) is 0 Å². The Morgan fingerprint density at radius 3 is 2.88 bits per heavy atom. The number of imidazole rings is 1. The van der Waals surface area contributed by atoms with Crippen molar-refractivity contribution in [2.75, 3.05) is 13.6 Å². The van der Waals surface area contributed by atoms with E-state index in [1.807, 2.05) is 6.92 Å². The fraction of sp³-hybridized carbons (Fsp3) is 0.500. The van der Waals surface area contributed by atoms with Gasteiger partial charge in [0.1, 0.15) is 0 Å². The normalized spacial score (nSPS) is 16.7. The number of nitrogens with zero attached hydrogens (tertiary/aromatic N) is 4. The van der Waals surface area contributed by atoms with E-state index < -0.39 is 0 Å². The van der Waals surface area contributed by atoms with Gasteiger partial charge in [-0.2, -0.15) is 0 Å². The highest BCUT2D eigenvalue weighted by Crippen LogP contribution is 2.20. The smallest absolute Gasteiger partial charge is 0.234 e. The van der Waals surface area contributed by atoms with Gasteiger partial charge in [-0.1, -0.05) is 0 Å². The second kappa shape index (κ2) is 3.28. The molecule has 1 aliphatic heterocycles. The molecule has 0 N–H and O–H groups in total. The van der Waals surface area contributed by atoms with Crippen LogP contribution in [0.4, 0.5) is 0 Å². The molecule has 0 amide bonds. The minimum Gasteiger partial charge on any atom is -0.300 e. The molecular weight excluding hydrogens is 200 g/mol. The minimum absolute atomic E-state index is 0.859. The minimum atomic E-state index is 0.859. The molecule has 0 fully saturated rings. The van der Waals surface area contributed by atoms with Gasteiger partial charge in [-0.3, -0.25) is 4.40 Å². The maximum Gasteiger partial charge on any atom is 0.234 e. The summed E-state index contributed by atoms with van der Waals surface area (Å²) in [4.78, 5) is 11.5. The van der Waals surface area contributed by atoms with Crippen molar-refractivity contribution in [3.8, 4) is 0 Å². The van der Waals surface area contributed by atoms with E-state index in [-0.39, 0.29) is 0 Å². The van der Waals surface area contributed by atoms with Crippen molar-refractivity contribution in [2.24, 2.45) is 0 Å². The topological polar surface area (TPSA) is 33.4 Å². The third-order valence-corrected chi connectivity index (χ3v) is 3.23. The largest absolute Gasteiger partial charge is 0.300 e. The number of aromatic nitrogens is 3. The molecule has 1 aliphatic rings. The maximum absolute atomic E-state index is 4.63. The van der Waals surface area contributed by atoms with Crippen LogP contribution in [0.2, 0.25) is 0 Å². The van der Waals surface area contributed by atoms with E-state index in [9.17, 15) is 0 Å². The zero-order chi connectivity index (χ0) is 11.3. The average molecular weight is 216 g/mol. The van der Waals surface area contributed by atoms with Crippen molar-refractivity contribution in [1.29, 1.82) is 0 Å². The number of hydrogen-bond donors (Lipinski definition) is 0. The Morgan fingerprint density at radius 2 is 2.06 bits per heavy atom. The summed E-state index contributed by atoms with van der Waals surface area (Å²) in [5, 5.41) is 0. The monoisotopic (exact) mass is 216 g/mol. The Kier molecular flexibility index (Phi) is 2.01. The second-order valence-corrected chi connectivity index (χ2v) is 4.67. The van der Waals surface area contributed by atoms with Crippen LogP contribution in [0.25, 0.3) is 5.78 Å². The van der Waals surface area contributed by atoms with Gasteiger partial charge < -0.3 is 4.90 Å². The molecule has 0 unspecified atom stereocenters. The highest BCUT2D eigenvalue weighted by molar-refractivity contribution is 5.40. The van der Waals surface area contributed by atoms with Gasteiger partial charge >= 0.3 is 0 Å². The second-order valence-electron chi connectivity index (χ2n) is 4.67. The predicted molar refractivity (Wildman–Crippen MR) is 62.5 cm³/mol. The summed E-state index contributed by atoms with van der Waals surface area (Å²) in [5.74, 6) is 0.859. The molecule has 4 nitrogen and oxygen atoms in total. The highest BCUT2D eigenvalue weighted by Gasteiger charge is 2.20. The van der Waals surface area contributed by atoms with Gasteiger partial charge in [0.2, 0.25) is 5.78 Å². The van der Waals surface area contributed by atoms with Crippen LogP contribution >= 0.6 is 0 Å². The fourth-order valence-corrected chi connectivity index (χ4v) is 2.48. The number of hydrogen-bond acceptors (Lipinski definition) is 3. The molecule has 0 spiro atoms.